The number of hydrogen-bond donors (Lipinski definition) is 1. The fraction of sp³-hybridized carbons (Fsp3) is 0.167. The lowest BCUT2D eigenvalue weighted by molar-refractivity contribution is 0.150. The summed E-state index contributed by atoms with van der Waals surface area (Å²) in [6, 6.07) is 0. The summed E-state index contributed by atoms with van der Waals surface area (Å²) in [4.78, 5) is 3.34. The van der Waals surface area contributed by atoms with Crippen LogP contribution in [0.3, 0.4) is 0 Å². The highest BCUT2D eigenvalue weighted by Gasteiger charge is 2.19. The predicted octanol–water partition coefficient (Wildman–Crippen LogP) is 2.50. The number of alkyl halides is 2. The number of nitrogen functional groups attached to an aromatic ring is 1. The van der Waals surface area contributed by atoms with E-state index in [9.17, 15) is 13.2 Å². The van der Waals surface area contributed by atoms with E-state index in [1.165, 1.54) is 0 Å². The highest BCUT2D eigenvalue weighted by atomic mass is 79.9. The number of aromatic nitrogens is 1. The van der Waals surface area contributed by atoms with Gasteiger partial charge in [0.05, 0.1) is 17.4 Å². The predicted molar refractivity (Wildman–Crippen MR) is 41.3 cm³/mol. The maximum absolute atomic E-state index is 12.6. The van der Waals surface area contributed by atoms with Crippen molar-refractivity contribution < 1.29 is 13.2 Å². The van der Waals surface area contributed by atoms with Crippen molar-refractivity contribution in [3.05, 3.63) is 22.2 Å². The van der Waals surface area contributed by atoms with Crippen molar-refractivity contribution in [2.45, 2.75) is 6.43 Å². The van der Waals surface area contributed by atoms with Gasteiger partial charge in [0.15, 0.2) is 5.82 Å². The molecule has 0 aliphatic carbocycles. The number of rotatable bonds is 1. The zero-order valence-corrected chi connectivity index (χ0v) is 7.28. The van der Waals surface area contributed by atoms with Crippen molar-refractivity contribution in [3.63, 3.8) is 0 Å². The minimum atomic E-state index is -2.83. The molecular formula is C6H4BrF3N2. The Bertz CT molecular complexity index is 303. The molecule has 1 aromatic rings. The molecular weight excluding hydrogens is 237 g/mol. The van der Waals surface area contributed by atoms with E-state index in [4.69, 9.17) is 5.73 Å². The molecule has 2 N–H and O–H groups in total. The number of nitrogens with zero attached hydrogens (tertiary/aromatic N) is 1. The SMILES string of the molecule is Nc1c(F)cnc(Br)c1C(F)F. The first-order chi connectivity index (χ1) is 5.54. The van der Waals surface area contributed by atoms with Crippen LogP contribution in [0.2, 0.25) is 0 Å². The summed E-state index contributed by atoms with van der Waals surface area (Å²) in [5.74, 6) is -0.937. The van der Waals surface area contributed by atoms with Crippen LogP contribution >= 0.6 is 15.9 Å². The van der Waals surface area contributed by atoms with Crippen molar-refractivity contribution in [2.24, 2.45) is 0 Å². The van der Waals surface area contributed by atoms with Crippen molar-refractivity contribution in [1.29, 1.82) is 0 Å². The summed E-state index contributed by atoms with van der Waals surface area (Å²) >= 11 is 2.74. The molecule has 0 unspecified atom stereocenters. The van der Waals surface area contributed by atoms with E-state index in [0.29, 0.717) is 0 Å². The van der Waals surface area contributed by atoms with E-state index in [0.717, 1.165) is 6.20 Å². The average molecular weight is 241 g/mol. The van der Waals surface area contributed by atoms with Crippen LogP contribution in [0.25, 0.3) is 0 Å². The van der Waals surface area contributed by atoms with Crippen LogP contribution in [-0.4, -0.2) is 4.98 Å². The Morgan fingerprint density at radius 1 is 1.50 bits per heavy atom. The molecule has 1 heterocycles. The molecule has 0 saturated carbocycles. The highest BCUT2D eigenvalue weighted by Crippen LogP contribution is 2.31. The minimum absolute atomic E-state index is 0.128. The molecule has 0 bridgehead atoms. The Hall–Kier alpha value is -0.780. The number of hydrogen-bond acceptors (Lipinski definition) is 2. The standard InChI is InChI=1S/C6H4BrF3N2/c7-5-3(6(9)10)4(11)2(8)1-12-5/h1,6H,(H2,11,12). The van der Waals surface area contributed by atoms with Gasteiger partial charge in [-0.25, -0.2) is 18.2 Å². The average Bonchev–Trinajstić information content (AvgIpc) is 1.97. The van der Waals surface area contributed by atoms with Gasteiger partial charge in [-0.15, -0.1) is 0 Å². The second kappa shape index (κ2) is 3.30. The van der Waals surface area contributed by atoms with Crippen LogP contribution < -0.4 is 5.73 Å². The van der Waals surface area contributed by atoms with Crippen LogP contribution in [0.4, 0.5) is 18.9 Å². The van der Waals surface area contributed by atoms with E-state index >= 15 is 0 Å². The molecule has 12 heavy (non-hydrogen) atoms. The summed E-state index contributed by atoms with van der Waals surface area (Å²) in [7, 11) is 0. The van der Waals surface area contributed by atoms with Crippen molar-refractivity contribution >= 4 is 21.6 Å². The molecule has 0 amide bonds. The highest BCUT2D eigenvalue weighted by molar-refractivity contribution is 9.10. The Balaban J connectivity index is 3.33. The smallest absolute Gasteiger partial charge is 0.268 e. The second-order valence-corrected chi connectivity index (χ2v) is 2.78. The van der Waals surface area contributed by atoms with Crippen LogP contribution in [0, 0.1) is 5.82 Å². The third-order valence-electron chi connectivity index (χ3n) is 1.28. The van der Waals surface area contributed by atoms with Gasteiger partial charge in [0.2, 0.25) is 0 Å². The summed E-state index contributed by atoms with van der Waals surface area (Å²) in [6.45, 7) is 0. The topological polar surface area (TPSA) is 38.9 Å². The summed E-state index contributed by atoms with van der Waals surface area (Å²) in [5.41, 5.74) is 3.89. The number of pyridine rings is 1. The molecule has 0 atom stereocenters. The molecule has 0 radical (unpaired) electrons. The Morgan fingerprint density at radius 2 is 2.08 bits per heavy atom. The molecule has 0 aliphatic heterocycles. The van der Waals surface area contributed by atoms with Gasteiger partial charge in [0.25, 0.3) is 6.43 Å². The fourth-order valence-corrected chi connectivity index (χ4v) is 1.19. The molecule has 0 aromatic carbocycles. The molecule has 0 saturated heterocycles. The summed E-state index contributed by atoms with van der Waals surface area (Å²) in [6.07, 6.45) is -2.05. The maximum atomic E-state index is 12.6. The van der Waals surface area contributed by atoms with E-state index < -0.39 is 23.5 Å². The van der Waals surface area contributed by atoms with E-state index in [1.807, 2.05) is 0 Å². The van der Waals surface area contributed by atoms with Crippen LogP contribution in [0.5, 0.6) is 0 Å². The quantitative estimate of drug-likeness (QED) is 0.767. The van der Waals surface area contributed by atoms with Crippen molar-refractivity contribution in [2.75, 3.05) is 5.73 Å². The molecule has 2 nitrogen and oxygen atoms in total. The lowest BCUT2D eigenvalue weighted by Gasteiger charge is -2.06. The van der Waals surface area contributed by atoms with Gasteiger partial charge in [-0.3, -0.25) is 0 Å². The maximum Gasteiger partial charge on any atom is 0.268 e. The van der Waals surface area contributed by atoms with Gasteiger partial charge >= 0.3 is 0 Å². The zero-order chi connectivity index (χ0) is 9.30. The van der Waals surface area contributed by atoms with Crippen LogP contribution in [0.15, 0.2) is 10.8 Å². The largest absolute Gasteiger partial charge is 0.396 e. The Labute approximate surface area is 74.7 Å². The lowest BCUT2D eigenvalue weighted by atomic mass is 10.2. The van der Waals surface area contributed by atoms with E-state index in [-0.39, 0.29) is 4.60 Å². The van der Waals surface area contributed by atoms with Gasteiger partial charge < -0.3 is 5.73 Å². The fourth-order valence-electron chi connectivity index (χ4n) is 0.700. The first kappa shape index (κ1) is 9.31. The molecule has 66 valence electrons. The first-order valence-corrected chi connectivity index (χ1v) is 3.71. The molecule has 1 rings (SSSR count). The Morgan fingerprint density at radius 3 is 2.50 bits per heavy atom. The molecule has 0 fully saturated rings. The van der Waals surface area contributed by atoms with E-state index in [2.05, 4.69) is 20.9 Å². The monoisotopic (exact) mass is 240 g/mol. The zero-order valence-electron chi connectivity index (χ0n) is 5.69. The second-order valence-electron chi connectivity index (χ2n) is 2.02. The number of halogens is 4. The molecule has 1 aromatic heterocycles. The Kier molecular flexibility index (Phi) is 2.56. The number of anilines is 1. The van der Waals surface area contributed by atoms with Gasteiger partial charge in [-0.1, -0.05) is 0 Å². The van der Waals surface area contributed by atoms with Crippen LogP contribution in [-0.2, 0) is 0 Å². The van der Waals surface area contributed by atoms with Gasteiger partial charge in [0, 0.05) is 0 Å². The third-order valence-corrected chi connectivity index (χ3v) is 1.91. The molecule has 0 aliphatic rings. The van der Waals surface area contributed by atoms with Gasteiger partial charge in [0.1, 0.15) is 4.60 Å². The first-order valence-electron chi connectivity index (χ1n) is 2.91. The normalized spacial score (nSPS) is 10.8. The summed E-state index contributed by atoms with van der Waals surface area (Å²) in [5, 5.41) is 0. The van der Waals surface area contributed by atoms with Crippen molar-refractivity contribution in [1.82, 2.24) is 4.98 Å². The minimum Gasteiger partial charge on any atom is -0.396 e. The van der Waals surface area contributed by atoms with Gasteiger partial charge in [-0.05, 0) is 15.9 Å². The van der Waals surface area contributed by atoms with Crippen molar-refractivity contribution in [3.8, 4) is 0 Å². The van der Waals surface area contributed by atoms with E-state index in [1.54, 1.807) is 0 Å². The lowest BCUT2D eigenvalue weighted by Crippen LogP contribution is -2.01. The molecule has 0 spiro atoms. The van der Waals surface area contributed by atoms with Crippen LogP contribution in [0.1, 0.15) is 12.0 Å². The third kappa shape index (κ3) is 1.52. The van der Waals surface area contributed by atoms with Gasteiger partial charge in [-0.2, -0.15) is 0 Å². The number of nitrogens with two attached hydrogens (primary N) is 1. The summed E-state index contributed by atoms with van der Waals surface area (Å²) < 4.78 is 36.8. The molecule has 6 heteroatoms.